The number of amidine groups is 1. The molecule has 0 saturated heterocycles. The van der Waals surface area contributed by atoms with Crippen LogP contribution in [0.5, 0.6) is 0 Å². The molecule has 0 aliphatic heterocycles. The van der Waals surface area contributed by atoms with Crippen molar-refractivity contribution in [2.45, 2.75) is 0 Å². The minimum atomic E-state index is -0.769. The average molecular weight is 415 g/mol. The molecule has 7 nitrogen and oxygen atoms in total. The molecule has 2 radical (unpaired) electrons. The van der Waals surface area contributed by atoms with Gasteiger partial charge in [0.05, 0.1) is 16.8 Å². The van der Waals surface area contributed by atoms with E-state index in [-0.39, 0.29) is 22.6 Å². The number of amides is 2. The first-order chi connectivity index (χ1) is 14.8. The van der Waals surface area contributed by atoms with Crippen LogP contribution in [0.2, 0.25) is 0 Å². The molecule has 0 bridgehead atoms. The molecular formula is C22H19BFN5O2. The van der Waals surface area contributed by atoms with Crippen molar-refractivity contribution in [3.8, 4) is 0 Å². The zero-order valence-corrected chi connectivity index (χ0v) is 16.9. The highest BCUT2D eigenvalue weighted by molar-refractivity contribution is 6.32. The van der Waals surface area contributed by atoms with Crippen LogP contribution in [0.3, 0.4) is 0 Å². The molecule has 3 rings (SSSR count). The zero-order chi connectivity index (χ0) is 22.5. The van der Waals surface area contributed by atoms with E-state index in [2.05, 4.69) is 15.6 Å². The predicted molar refractivity (Wildman–Crippen MR) is 119 cm³/mol. The molecule has 154 valence electrons. The van der Waals surface area contributed by atoms with Crippen LogP contribution in [-0.2, 0) is 0 Å². The highest BCUT2D eigenvalue weighted by Crippen LogP contribution is 2.19. The minimum Gasteiger partial charge on any atom is -0.363 e. The quantitative estimate of drug-likeness (QED) is 0.339. The number of hydrogen-bond donors (Lipinski definition) is 3. The monoisotopic (exact) mass is 415 g/mol. The number of aromatic nitrogens is 1. The maximum absolute atomic E-state index is 14.5. The van der Waals surface area contributed by atoms with E-state index < -0.39 is 17.6 Å². The molecule has 31 heavy (non-hydrogen) atoms. The Hall–Kier alpha value is -4.01. The number of para-hydroxylation sites is 1. The molecule has 0 fully saturated rings. The van der Waals surface area contributed by atoms with E-state index in [4.69, 9.17) is 13.3 Å². The molecule has 0 saturated carbocycles. The molecule has 9 heteroatoms. The van der Waals surface area contributed by atoms with Crippen LogP contribution < -0.4 is 16.1 Å². The number of hydrogen-bond acceptors (Lipinski definition) is 4. The van der Waals surface area contributed by atoms with Crippen LogP contribution in [0.4, 0.5) is 15.9 Å². The first-order valence-corrected chi connectivity index (χ1v) is 9.25. The van der Waals surface area contributed by atoms with Crippen molar-refractivity contribution in [1.29, 1.82) is 5.41 Å². The standard InChI is InChI=1S/C22H19BFN5O2/c1-29(2)20(25)13-7-9-15(17(24)11-13)21(30)27-18-6-4-3-5-16(18)22(31)28-19-10-8-14(23)12-26-19/h3-12,25H,1-2H3,(H,27,30)(H,26,28,31). The van der Waals surface area contributed by atoms with Gasteiger partial charge in [-0.1, -0.05) is 29.7 Å². The number of nitrogens with one attached hydrogen (secondary N) is 3. The SMILES string of the molecule is [B]c1ccc(NC(=O)c2ccccc2NC(=O)c2ccc(C(=N)N(C)C)cc2F)nc1. The molecule has 1 aromatic heterocycles. The van der Waals surface area contributed by atoms with Crippen molar-refractivity contribution in [2.24, 2.45) is 0 Å². The molecule has 3 N–H and O–H groups in total. The minimum absolute atomic E-state index is 0.115. The molecule has 1 heterocycles. The van der Waals surface area contributed by atoms with Gasteiger partial charge in [0.25, 0.3) is 11.8 Å². The van der Waals surface area contributed by atoms with Crippen molar-refractivity contribution in [2.75, 3.05) is 24.7 Å². The normalized spacial score (nSPS) is 10.3. The predicted octanol–water partition coefficient (Wildman–Crippen LogP) is 2.41. The van der Waals surface area contributed by atoms with Gasteiger partial charge in [-0.3, -0.25) is 15.0 Å². The first-order valence-electron chi connectivity index (χ1n) is 9.25. The fourth-order valence-corrected chi connectivity index (χ4v) is 2.75. The average Bonchev–Trinajstić information content (AvgIpc) is 2.74. The Morgan fingerprint density at radius 1 is 1.00 bits per heavy atom. The Bertz CT molecular complexity index is 1150. The summed E-state index contributed by atoms with van der Waals surface area (Å²) in [5.41, 5.74) is 0.991. The molecule has 0 atom stereocenters. The Morgan fingerprint density at radius 3 is 2.35 bits per heavy atom. The van der Waals surface area contributed by atoms with Crippen molar-refractivity contribution < 1.29 is 14.0 Å². The number of benzene rings is 2. The lowest BCUT2D eigenvalue weighted by Gasteiger charge is -2.15. The number of pyridine rings is 1. The van der Waals surface area contributed by atoms with Crippen LogP contribution >= 0.6 is 0 Å². The summed E-state index contributed by atoms with van der Waals surface area (Å²) in [5, 5.41) is 13.1. The Balaban J connectivity index is 1.80. The second-order valence-electron chi connectivity index (χ2n) is 6.87. The first kappa shape index (κ1) is 21.7. The summed E-state index contributed by atoms with van der Waals surface area (Å²) in [7, 11) is 8.93. The molecule has 2 aromatic carbocycles. The number of halogens is 1. The van der Waals surface area contributed by atoms with E-state index in [1.165, 1.54) is 35.4 Å². The van der Waals surface area contributed by atoms with Crippen molar-refractivity contribution in [3.05, 3.63) is 83.3 Å². The summed E-state index contributed by atoms with van der Waals surface area (Å²) in [4.78, 5) is 30.8. The highest BCUT2D eigenvalue weighted by atomic mass is 19.1. The van der Waals surface area contributed by atoms with Gasteiger partial charge in [-0.2, -0.15) is 0 Å². The van der Waals surface area contributed by atoms with E-state index in [0.717, 1.165) is 6.07 Å². The number of carbonyl (C=O) groups is 2. The summed E-state index contributed by atoms with van der Waals surface area (Å²) < 4.78 is 14.5. The second kappa shape index (κ2) is 9.21. The van der Waals surface area contributed by atoms with Gasteiger partial charge >= 0.3 is 0 Å². The van der Waals surface area contributed by atoms with Gasteiger partial charge in [-0.25, -0.2) is 9.37 Å². The molecule has 3 aromatic rings. The van der Waals surface area contributed by atoms with Crippen LogP contribution in [0, 0.1) is 11.2 Å². The zero-order valence-electron chi connectivity index (χ0n) is 16.9. The smallest absolute Gasteiger partial charge is 0.258 e. The maximum atomic E-state index is 14.5. The number of nitrogens with zero attached hydrogens (tertiary/aromatic N) is 2. The molecule has 0 aliphatic rings. The van der Waals surface area contributed by atoms with Gasteiger partial charge in [-0.05, 0) is 30.3 Å². The van der Waals surface area contributed by atoms with Gasteiger partial charge in [0, 0.05) is 25.9 Å². The third kappa shape index (κ3) is 5.13. The van der Waals surface area contributed by atoms with E-state index in [9.17, 15) is 14.0 Å². The lowest BCUT2D eigenvalue weighted by molar-refractivity contribution is 0.102. The molecular weight excluding hydrogens is 396 g/mol. The summed E-state index contributed by atoms with van der Waals surface area (Å²) in [5.74, 6) is -1.57. The molecule has 0 unspecified atom stereocenters. The van der Waals surface area contributed by atoms with Crippen LogP contribution in [0.1, 0.15) is 26.3 Å². The summed E-state index contributed by atoms with van der Waals surface area (Å²) in [6, 6.07) is 13.4. The van der Waals surface area contributed by atoms with E-state index >= 15 is 0 Å². The second-order valence-corrected chi connectivity index (χ2v) is 6.87. The fourth-order valence-electron chi connectivity index (χ4n) is 2.75. The van der Waals surface area contributed by atoms with Gasteiger partial charge in [0.2, 0.25) is 0 Å². The topological polar surface area (TPSA) is 98.2 Å². The van der Waals surface area contributed by atoms with Gasteiger partial charge in [0.15, 0.2) is 0 Å². The van der Waals surface area contributed by atoms with Crippen molar-refractivity contribution >= 4 is 42.5 Å². The lowest BCUT2D eigenvalue weighted by atomic mass is 9.99. The Morgan fingerprint density at radius 2 is 1.71 bits per heavy atom. The summed E-state index contributed by atoms with van der Waals surface area (Å²) in [6.45, 7) is 0. The third-order valence-corrected chi connectivity index (χ3v) is 4.38. The van der Waals surface area contributed by atoms with Crippen molar-refractivity contribution in [1.82, 2.24) is 9.88 Å². The van der Waals surface area contributed by atoms with E-state index in [1.54, 1.807) is 38.4 Å². The summed E-state index contributed by atoms with van der Waals surface area (Å²) >= 11 is 0. The Kier molecular flexibility index (Phi) is 6.45. The van der Waals surface area contributed by atoms with Crippen molar-refractivity contribution in [3.63, 3.8) is 0 Å². The fraction of sp³-hybridized carbons (Fsp3) is 0.0909. The van der Waals surface area contributed by atoms with Crippen LogP contribution in [0.15, 0.2) is 60.8 Å². The van der Waals surface area contributed by atoms with Gasteiger partial charge in [-0.15, -0.1) is 0 Å². The highest BCUT2D eigenvalue weighted by Gasteiger charge is 2.18. The van der Waals surface area contributed by atoms with Gasteiger partial charge < -0.3 is 15.5 Å². The molecule has 2 amide bonds. The third-order valence-electron chi connectivity index (χ3n) is 4.38. The number of anilines is 2. The van der Waals surface area contributed by atoms with E-state index in [1.807, 2.05) is 0 Å². The number of carbonyl (C=O) groups excluding carboxylic acids is 2. The number of rotatable bonds is 5. The van der Waals surface area contributed by atoms with E-state index in [0.29, 0.717) is 16.8 Å². The van der Waals surface area contributed by atoms with Crippen LogP contribution in [0.25, 0.3) is 0 Å². The molecule has 0 spiro atoms. The maximum Gasteiger partial charge on any atom is 0.258 e. The van der Waals surface area contributed by atoms with Gasteiger partial charge in [0.1, 0.15) is 25.3 Å². The van der Waals surface area contributed by atoms with Crippen LogP contribution in [-0.4, -0.2) is 49.5 Å². The summed E-state index contributed by atoms with van der Waals surface area (Å²) in [6.07, 6.45) is 1.41. The Labute approximate surface area is 180 Å². The lowest BCUT2D eigenvalue weighted by Crippen LogP contribution is -2.23. The largest absolute Gasteiger partial charge is 0.363 e. The molecule has 0 aliphatic carbocycles.